The van der Waals surface area contributed by atoms with Crippen molar-refractivity contribution in [1.29, 1.82) is 0 Å². The Kier molecular flexibility index (Phi) is 7.48. The molecule has 3 rings (SSSR count). The Morgan fingerprint density at radius 2 is 1.68 bits per heavy atom. The number of benzene rings is 2. The lowest BCUT2D eigenvalue weighted by Crippen LogP contribution is -2.15. The maximum Gasteiger partial charge on any atom is 0.126 e. The van der Waals surface area contributed by atoms with Gasteiger partial charge in [0, 0.05) is 0 Å². The number of hydrogen-bond acceptors (Lipinski definition) is 0. The van der Waals surface area contributed by atoms with Gasteiger partial charge >= 0.3 is 0 Å². The molecular formula is C27H35F. The lowest BCUT2D eigenvalue weighted by Gasteiger charge is -2.29. The zero-order valence-corrected chi connectivity index (χ0v) is 17.6. The van der Waals surface area contributed by atoms with Crippen LogP contribution in [0.25, 0.3) is 0 Å². The monoisotopic (exact) mass is 378 g/mol. The summed E-state index contributed by atoms with van der Waals surface area (Å²) in [5.41, 5.74) is 6.36. The van der Waals surface area contributed by atoms with Crippen LogP contribution in [-0.2, 0) is 19.3 Å². The molecule has 28 heavy (non-hydrogen) atoms. The SMILES string of the molecule is C=C(C)CCc1cccc(CCC2CCC(c3cc(CC)ccc3F)CC2)c1. The van der Waals surface area contributed by atoms with Crippen LogP contribution >= 0.6 is 0 Å². The highest BCUT2D eigenvalue weighted by molar-refractivity contribution is 5.28. The Morgan fingerprint density at radius 1 is 0.964 bits per heavy atom. The summed E-state index contributed by atoms with van der Waals surface area (Å²) in [4.78, 5) is 0. The van der Waals surface area contributed by atoms with Gasteiger partial charge in [0.05, 0.1) is 0 Å². The summed E-state index contributed by atoms with van der Waals surface area (Å²) in [5, 5.41) is 0. The van der Waals surface area contributed by atoms with E-state index in [0.29, 0.717) is 5.92 Å². The number of halogens is 1. The molecule has 1 aliphatic carbocycles. The zero-order valence-electron chi connectivity index (χ0n) is 17.6. The Morgan fingerprint density at radius 3 is 2.36 bits per heavy atom. The predicted molar refractivity (Wildman–Crippen MR) is 118 cm³/mol. The van der Waals surface area contributed by atoms with Crippen molar-refractivity contribution in [2.45, 2.75) is 77.6 Å². The molecule has 0 aromatic heterocycles. The summed E-state index contributed by atoms with van der Waals surface area (Å²) in [6.07, 6.45) is 10.3. The van der Waals surface area contributed by atoms with Crippen LogP contribution < -0.4 is 0 Å². The summed E-state index contributed by atoms with van der Waals surface area (Å²) in [5.74, 6) is 1.19. The molecule has 0 nitrogen and oxygen atoms in total. The van der Waals surface area contributed by atoms with Gasteiger partial charge in [0.2, 0.25) is 0 Å². The van der Waals surface area contributed by atoms with Gasteiger partial charge < -0.3 is 0 Å². The average molecular weight is 379 g/mol. The van der Waals surface area contributed by atoms with E-state index in [1.54, 1.807) is 6.07 Å². The molecule has 0 unspecified atom stereocenters. The molecule has 0 bridgehead atoms. The van der Waals surface area contributed by atoms with Gasteiger partial charge in [-0.1, -0.05) is 48.9 Å². The van der Waals surface area contributed by atoms with Crippen molar-refractivity contribution in [1.82, 2.24) is 0 Å². The van der Waals surface area contributed by atoms with Crippen molar-refractivity contribution in [3.63, 3.8) is 0 Å². The third kappa shape index (κ3) is 5.80. The van der Waals surface area contributed by atoms with Crippen molar-refractivity contribution in [3.8, 4) is 0 Å². The van der Waals surface area contributed by atoms with Crippen LogP contribution in [0.1, 0.15) is 80.5 Å². The minimum absolute atomic E-state index is 0.00720. The summed E-state index contributed by atoms with van der Waals surface area (Å²) in [7, 11) is 0. The van der Waals surface area contributed by atoms with Crippen molar-refractivity contribution in [2.75, 3.05) is 0 Å². The molecule has 1 aliphatic rings. The van der Waals surface area contributed by atoms with Gasteiger partial charge in [-0.05, 0) is 105 Å². The highest BCUT2D eigenvalue weighted by Crippen LogP contribution is 2.38. The van der Waals surface area contributed by atoms with Gasteiger partial charge in [-0.2, -0.15) is 0 Å². The van der Waals surface area contributed by atoms with E-state index in [1.165, 1.54) is 41.5 Å². The summed E-state index contributed by atoms with van der Waals surface area (Å²) in [6.45, 7) is 8.25. The molecule has 0 radical (unpaired) electrons. The van der Waals surface area contributed by atoms with E-state index in [2.05, 4.69) is 50.8 Å². The van der Waals surface area contributed by atoms with Gasteiger partial charge in [0.15, 0.2) is 0 Å². The summed E-state index contributed by atoms with van der Waals surface area (Å²) in [6, 6.07) is 14.8. The molecule has 0 heterocycles. The third-order valence-corrected chi connectivity index (χ3v) is 6.43. The fourth-order valence-electron chi connectivity index (χ4n) is 4.56. The quantitative estimate of drug-likeness (QED) is 0.411. The fraction of sp³-hybridized carbons (Fsp3) is 0.481. The maximum atomic E-state index is 14.3. The molecule has 0 atom stereocenters. The smallest absolute Gasteiger partial charge is 0.126 e. The van der Waals surface area contributed by atoms with Gasteiger partial charge in [-0.3, -0.25) is 0 Å². The molecule has 0 saturated heterocycles. The fourth-order valence-corrected chi connectivity index (χ4v) is 4.56. The first-order valence-electron chi connectivity index (χ1n) is 11.1. The van der Waals surface area contributed by atoms with Crippen LogP contribution in [0.5, 0.6) is 0 Å². The van der Waals surface area contributed by atoms with E-state index in [1.807, 2.05) is 6.07 Å². The number of allylic oxidation sites excluding steroid dienone is 1. The number of aryl methyl sites for hydroxylation is 3. The van der Waals surface area contributed by atoms with Gasteiger partial charge in [0.25, 0.3) is 0 Å². The van der Waals surface area contributed by atoms with Crippen LogP contribution in [0.15, 0.2) is 54.6 Å². The lowest BCUT2D eigenvalue weighted by atomic mass is 9.76. The predicted octanol–water partition coefficient (Wildman–Crippen LogP) is 7.80. The second-order valence-corrected chi connectivity index (χ2v) is 8.74. The van der Waals surface area contributed by atoms with Gasteiger partial charge in [-0.25, -0.2) is 4.39 Å². The van der Waals surface area contributed by atoms with E-state index in [-0.39, 0.29) is 5.82 Å². The van der Waals surface area contributed by atoms with E-state index in [9.17, 15) is 4.39 Å². The summed E-state index contributed by atoms with van der Waals surface area (Å²) >= 11 is 0. The highest BCUT2D eigenvalue weighted by atomic mass is 19.1. The maximum absolute atomic E-state index is 14.3. The second kappa shape index (κ2) is 10.0. The molecule has 0 spiro atoms. The first-order chi connectivity index (χ1) is 13.5. The first kappa shape index (κ1) is 20.8. The molecule has 1 heteroatoms. The van der Waals surface area contributed by atoms with E-state index < -0.39 is 0 Å². The van der Waals surface area contributed by atoms with Crippen molar-refractivity contribution >= 4 is 0 Å². The number of hydrogen-bond donors (Lipinski definition) is 0. The molecule has 150 valence electrons. The normalized spacial score (nSPS) is 19.5. The topological polar surface area (TPSA) is 0 Å². The minimum Gasteiger partial charge on any atom is -0.207 e. The van der Waals surface area contributed by atoms with Gasteiger partial charge in [-0.15, -0.1) is 6.58 Å². The number of rotatable bonds is 8. The highest BCUT2D eigenvalue weighted by Gasteiger charge is 2.24. The largest absolute Gasteiger partial charge is 0.207 e. The van der Waals surface area contributed by atoms with Crippen LogP contribution in [-0.4, -0.2) is 0 Å². The summed E-state index contributed by atoms with van der Waals surface area (Å²) < 4.78 is 14.3. The van der Waals surface area contributed by atoms with Crippen LogP contribution in [0.3, 0.4) is 0 Å². The Balaban J connectivity index is 1.50. The zero-order chi connectivity index (χ0) is 19.9. The lowest BCUT2D eigenvalue weighted by molar-refractivity contribution is 0.306. The molecule has 0 N–H and O–H groups in total. The minimum atomic E-state index is -0.00720. The second-order valence-electron chi connectivity index (χ2n) is 8.74. The Bertz CT molecular complexity index is 781. The third-order valence-electron chi connectivity index (χ3n) is 6.43. The van der Waals surface area contributed by atoms with Crippen LogP contribution in [0, 0.1) is 11.7 Å². The average Bonchev–Trinajstić information content (AvgIpc) is 2.72. The molecule has 0 aliphatic heterocycles. The van der Waals surface area contributed by atoms with Crippen molar-refractivity contribution < 1.29 is 4.39 Å². The van der Waals surface area contributed by atoms with Crippen LogP contribution in [0.2, 0.25) is 0 Å². The first-order valence-corrected chi connectivity index (χ1v) is 11.1. The molecule has 0 amide bonds. The molecule has 1 fully saturated rings. The molecule has 1 saturated carbocycles. The van der Waals surface area contributed by atoms with E-state index >= 15 is 0 Å². The Hall–Kier alpha value is -1.89. The molecule has 2 aromatic rings. The van der Waals surface area contributed by atoms with E-state index in [4.69, 9.17) is 0 Å². The van der Waals surface area contributed by atoms with Gasteiger partial charge in [0.1, 0.15) is 5.82 Å². The molecular weight excluding hydrogens is 343 g/mol. The standard InChI is InChI=1S/C27H35F/c1-4-21-14-17-27(28)26(19-21)25-15-12-22(13-16-25)10-11-24-7-5-6-23(18-24)9-8-20(2)3/h5-7,14,17-19,22,25H,2,4,8-13,15-16H2,1,3H3. The van der Waals surface area contributed by atoms with Crippen LogP contribution in [0.4, 0.5) is 4.39 Å². The van der Waals surface area contributed by atoms with Crippen molar-refractivity contribution in [3.05, 3.63) is 82.7 Å². The van der Waals surface area contributed by atoms with Crippen molar-refractivity contribution in [2.24, 2.45) is 5.92 Å². The van der Waals surface area contributed by atoms with E-state index in [0.717, 1.165) is 50.0 Å². The Labute approximate surface area is 170 Å². The molecule has 2 aromatic carbocycles.